The summed E-state index contributed by atoms with van der Waals surface area (Å²) in [4.78, 5) is 15.1. The predicted octanol–water partition coefficient (Wildman–Crippen LogP) is 3.11. The van der Waals surface area contributed by atoms with Crippen LogP contribution >= 0.6 is 11.6 Å². The number of pyridine rings is 1. The molecule has 1 heterocycles. The molecule has 1 aromatic heterocycles. The van der Waals surface area contributed by atoms with Crippen molar-refractivity contribution in [2.75, 3.05) is 7.11 Å². The van der Waals surface area contributed by atoms with Crippen molar-refractivity contribution >= 4 is 17.6 Å². The van der Waals surface area contributed by atoms with E-state index in [0.717, 1.165) is 0 Å². The van der Waals surface area contributed by atoms with Crippen molar-refractivity contribution in [2.45, 2.75) is 0 Å². The maximum atomic E-state index is 11.2. The molecule has 0 aliphatic rings. The molecule has 0 saturated carbocycles. The van der Waals surface area contributed by atoms with Crippen molar-refractivity contribution in [1.82, 2.24) is 4.98 Å². The molecule has 92 valence electrons. The number of carboxylic acids is 1. The zero-order chi connectivity index (χ0) is 13.1. The van der Waals surface area contributed by atoms with Crippen LogP contribution in [-0.2, 0) is 0 Å². The minimum absolute atomic E-state index is 0.172. The van der Waals surface area contributed by atoms with Crippen LogP contribution in [0.2, 0.25) is 5.02 Å². The number of aromatic nitrogens is 1. The van der Waals surface area contributed by atoms with Crippen molar-refractivity contribution in [3.05, 3.63) is 47.2 Å². The number of hydrogen-bond donors (Lipinski definition) is 1. The van der Waals surface area contributed by atoms with Gasteiger partial charge in [-0.2, -0.15) is 0 Å². The number of hydrogen-bond acceptors (Lipinski definition) is 3. The first-order valence-electron chi connectivity index (χ1n) is 5.14. The van der Waals surface area contributed by atoms with Gasteiger partial charge in [-0.05, 0) is 24.3 Å². The summed E-state index contributed by atoms with van der Waals surface area (Å²) in [5.41, 5.74) is 1.32. The van der Waals surface area contributed by atoms with Gasteiger partial charge in [0.25, 0.3) is 0 Å². The third kappa shape index (κ3) is 2.28. The second-order valence-corrected chi connectivity index (χ2v) is 4.01. The van der Waals surface area contributed by atoms with E-state index in [-0.39, 0.29) is 5.56 Å². The predicted molar refractivity (Wildman–Crippen MR) is 68.2 cm³/mol. The zero-order valence-corrected chi connectivity index (χ0v) is 10.3. The molecule has 0 spiro atoms. The number of benzene rings is 1. The van der Waals surface area contributed by atoms with Gasteiger partial charge in [0.2, 0.25) is 0 Å². The lowest BCUT2D eigenvalue weighted by atomic mass is 10.0. The molecule has 1 N–H and O–H groups in total. The van der Waals surface area contributed by atoms with Crippen LogP contribution < -0.4 is 4.74 Å². The van der Waals surface area contributed by atoms with E-state index in [0.29, 0.717) is 21.9 Å². The third-order valence-electron chi connectivity index (χ3n) is 2.51. The molecule has 1 aromatic carbocycles. The van der Waals surface area contributed by atoms with Crippen LogP contribution in [0.15, 0.2) is 36.7 Å². The Hall–Kier alpha value is -2.07. The highest BCUT2D eigenvalue weighted by Crippen LogP contribution is 2.33. The number of rotatable bonds is 3. The molecule has 0 aliphatic carbocycles. The van der Waals surface area contributed by atoms with Crippen LogP contribution in [-0.4, -0.2) is 23.2 Å². The maximum absolute atomic E-state index is 11.2. The summed E-state index contributed by atoms with van der Waals surface area (Å²) >= 11 is 5.87. The Morgan fingerprint density at radius 1 is 1.33 bits per heavy atom. The van der Waals surface area contributed by atoms with Crippen molar-refractivity contribution in [1.29, 1.82) is 0 Å². The molecule has 2 rings (SSSR count). The van der Waals surface area contributed by atoms with E-state index < -0.39 is 5.97 Å². The molecule has 0 bridgehead atoms. The number of carbonyl (C=O) groups is 1. The Morgan fingerprint density at radius 3 is 2.78 bits per heavy atom. The second-order valence-electron chi connectivity index (χ2n) is 3.57. The molecule has 0 radical (unpaired) electrons. The summed E-state index contributed by atoms with van der Waals surface area (Å²) in [6.45, 7) is 0. The lowest BCUT2D eigenvalue weighted by molar-refractivity contribution is 0.0697. The molecule has 0 fully saturated rings. The van der Waals surface area contributed by atoms with Crippen molar-refractivity contribution in [3.8, 4) is 16.9 Å². The number of methoxy groups -OCH3 is 1. The van der Waals surface area contributed by atoms with E-state index in [9.17, 15) is 4.79 Å². The Kier molecular flexibility index (Phi) is 3.48. The fraction of sp³-hybridized carbons (Fsp3) is 0.0769. The van der Waals surface area contributed by atoms with E-state index in [1.807, 2.05) is 0 Å². The summed E-state index contributed by atoms with van der Waals surface area (Å²) in [7, 11) is 1.51. The Morgan fingerprint density at radius 2 is 2.11 bits per heavy atom. The summed E-state index contributed by atoms with van der Waals surface area (Å²) in [5.74, 6) is -0.498. The lowest BCUT2D eigenvalue weighted by Crippen LogP contribution is -2.00. The molecule has 0 amide bonds. The van der Waals surface area contributed by atoms with Crippen LogP contribution in [0.3, 0.4) is 0 Å². The Bertz CT molecular complexity index is 599. The summed E-state index contributed by atoms with van der Waals surface area (Å²) in [6.07, 6.45) is 2.94. The van der Waals surface area contributed by atoms with E-state index in [4.69, 9.17) is 21.4 Å². The van der Waals surface area contributed by atoms with Gasteiger partial charge in [-0.15, -0.1) is 0 Å². The largest absolute Gasteiger partial charge is 0.496 e. The van der Waals surface area contributed by atoms with Gasteiger partial charge >= 0.3 is 5.97 Å². The second kappa shape index (κ2) is 5.06. The Balaban J connectivity index is 2.65. The highest BCUT2D eigenvalue weighted by molar-refractivity contribution is 6.30. The molecule has 0 saturated heterocycles. The third-order valence-corrected chi connectivity index (χ3v) is 2.74. The van der Waals surface area contributed by atoms with Crippen LogP contribution in [0, 0.1) is 0 Å². The quantitative estimate of drug-likeness (QED) is 0.924. The van der Waals surface area contributed by atoms with Gasteiger partial charge < -0.3 is 9.84 Å². The van der Waals surface area contributed by atoms with Gasteiger partial charge in [0.1, 0.15) is 5.75 Å². The zero-order valence-electron chi connectivity index (χ0n) is 9.55. The summed E-state index contributed by atoms with van der Waals surface area (Å²) < 4.78 is 5.21. The topological polar surface area (TPSA) is 59.4 Å². The molecular formula is C13H10ClNO3. The first-order valence-corrected chi connectivity index (χ1v) is 5.52. The van der Waals surface area contributed by atoms with Crippen molar-refractivity contribution in [2.24, 2.45) is 0 Å². The maximum Gasteiger partial charge on any atom is 0.336 e. The monoisotopic (exact) mass is 263 g/mol. The summed E-state index contributed by atoms with van der Waals surface area (Å²) in [6, 6.07) is 6.48. The average Bonchev–Trinajstić information content (AvgIpc) is 2.38. The first-order chi connectivity index (χ1) is 8.63. The molecule has 2 aromatic rings. The minimum atomic E-state index is -1.01. The summed E-state index contributed by atoms with van der Waals surface area (Å²) in [5, 5.41) is 9.67. The van der Waals surface area contributed by atoms with Gasteiger partial charge in [-0.3, -0.25) is 4.98 Å². The number of ether oxygens (including phenoxy) is 1. The normalized spacial score (nSPS) is 10.1. The average molecular weight is 264 g/mol. The van der Waals surface area contributed by atoms with Crippen molar-refractivity contribution < 1.29 is 14.6 Å². The molecule has 5 heteroatoms. The fourth-order valence-electron chi connectivity index (χ4n) is 1.68. The minimum Gasteiger partial charge on any atom is -0.496 e. The highest BCUT2D eigenvalue weighted by Gasteiger charge is 2.15. The van der Waals surface area contributed by atoms with E-state index in [1.165, 1.54) is 25.6 Å². The van der Waals surface area contributed by atoms with Gasteiger partial charge in [0.05, 0.1) is 12.7 Å². The molecule has 0 unspecified atom stereocenters. The fourth-order valence-corrected chi connectivity index (χ4v) is 1.85. The van der Waals surface area contributed by atoms with Gasteiger partial charge in [0.15, 0.2) is 0 Å². The van der Waals surface area contributed by atoms with E-state index >= 15 is 0 Å². The Labute approximate surface area is 109 Å². The van der Waals surface area contributed by atoms with Crippen LogP contribution in [0.4, 0.5) is 0 Å². The number of carboxylic acid groups (broad SMARTS) is 1. The van der Waals surface area contributed by atoms with Gasteiger partial charge in [-0.25, -0.2) is 4.79 Å². The molecule has 18 heavy (non-hydrogen) atoms. The number of aromatic carboxylic acids is 1. The lowest BCUT2D eigenvalue weighted by Gasteiger charge is -2.10. The van der Waals surface area contributed by atoms with E-state index in [1.54, 1.807) is 18.2 Å². The molecule has 4 nitrogen and oxygen atoms in total. The standard InChI is InChI=1S/C13H10ClNO3/c1-18-12-6-8(14)2-3-9(12)11-7-15-5-4-10(11)13(16)17/h2-7H,1H3,(H,16,17). The number of nitrogens with zero attached hydrogens (tertiary/aromatic N) is 1. The highest BCUT2D eigenvalue weighted by atomic mass is 35.5. The van der Waals surface area contributed by atoms with Gasteiger partial charge in [-0.1, -0.05) is 11.6 Å². The van der Waals surface area contributed by atoms with E-state index in [2.05, 4.69) is 4.98 Å². The molecule has 0 atom stereocenters. The van der Waals surface area contributed by atoms with Gasteiger partial charge in [0, 0.05) is 28.5 Å². The van der Waals surface area contributed by atoms with Crippen LogP contribution in [0.5, 0.6) is 5.75 Å². The number of halogens is 1. The smallest absolute Gasteiger partial charge is 0.336 e. The molecular weight excluding hydrogens is 254 g/mol. The van der Waals surface area contributed by atoms with Crippen LogP contribution in [0.1, 0.15) is 10.4 Å². The first kappa shape index (κ1) is 12.4. The van der Waals surface area contributed by atoms with Crippen LogP contribution in [0.25, 0.3) is 11.1 Å². The van der Waals surface area contributed by atoms with Crippen molar-refractivity contribution in [3.63, 3.8) is 0 Å². The molecule has 0 aliphatic heterocycles. The SMILES string of the molecule is COc1cc(Cl)ccc1-c1cnccc1C(=O)O.